The number of anilines is 2. The van der Waals surface area contributed by atoms with Crippen LogP contribution in [-0.4, -0.2) is 34.9 Å². The molecule has 170 valence electrons. The molecule has 0 aromatic carbocycles. The summed E-state index contributed by atoms with van der Waals surface area (Å²) in [5, 5.41) is 16.1. The van der Waals surface area contributed by atoms with Crippen molar-refractivity contribution in [1.82, 2.24) is 34.9 Å². The molecular weight excluding hydrogens is 428 g/mol. The lowest BCUT2D eigenvalue weighted by Crippen LogP contribution is -2.01. The lowest BCUT2D eigenvalue weighted by atomic mass is 10.1. The number of hydrogen-bond donors (Lipinski definition) is 1. The van der Waals surface area contributed by atoms with Gasteiger partial charge in [-0.05, 0) is 47.9 Å². The first kappa shape index (κ1) is 21.4. The van der Waals surface area contributed by atoms with Gasteiger partial charge >= 0.3 is 0 Å². The van der Waals surface area contributed by atoms with Crippen molar-refractivity contribution >= 4 is 22.7 Å². The minimum atomic E-state index is 0.319. The number of rotatable bonds is 7. The molecule has 0 unspecified atom stereocenters. The van der Waals surface area contributed by atoms with Crippen molar-refractivity contribution in [2.75, 3.05) is 5.32 Å². The van der Waals surface area contributed by atoms with Crippen LogP contribution in [0.1, 0.15) is 31.0 Å². The molecule has 0 saturated heterocycles. The quantitative estimate of drug-likeness (QED) is 0.380. The van der Waals surface area contributed by atoms with E-state index in [0.717, 1.165) is 33.4 Å². The number of aryl methyl sites for hydroxylation is 1. The highest BCUT2D eigenvalue weighted by Crippen LogP contribution is 2.27. The van der Waals surface area contributed by atoms with Gasteiger partial charge in [0.2, 0.25) is 0 Å². The summed E-state index contributed by atoms with van der Waals surface area (Å²) in [6.45, 7) is 4.56. The van der Waals surface area contributed by atoms with Gasteiger partial charge in [0, 0.05) is 36.8 Å². The number of hydrogen-bond acceptors (Lipinski definition) is 8. The van der Waals surface area contributed by atoms with Crippen molar-refractivity contribution < 1.29 is 4.74 Å². The highest BCUT2D eigenvalue weighted by atomic mass is 16.5. The van der Waals surface area contributed by atoms with Crippen molar-refractivity contribution in [2.45, 2.75) is 26.4 Å². The molecule has 0 fully saturated rings. The lowest BCUT2D eigenvalue weighted by Gasteiger charge is -2.09. The maximum absolute atomic E-state index is 5.87. The zero-order valence-corrected chi connectivity index (χ0v) is 19.2. The molecule has 0 saturated carbocycles. The van der Waals surface area contributed by atoms with Gasteiger partial charge in [0.05, 0.1) is 23.4 Å². The Labute approximate surface area is 196 Å². The maximum Gasteiger partial charge on any atom is 0.154 e. The van der Waals surface area contributed by atoms with Crippen molar-refractivity contribution in [3.63, 3.8) is 0 Å². The Hall–Kier alpha value is -4.40. The first-order valence-electron chi connectivity index (χ1n) is 11.0. The van der Waals surface area contributed by atoms with E-state index < -0.39 is 0 Å². The van der Waals surface area contributed by atoms with Crippen LogP contribution in [-0.2, 0) is 13.7 Å². The van der Waals surface area contributed by atoms with Crippen LogP contribution in [0.5, 0.6) is 5.75 Å². The second kappa shape index (κ2) is 9.22. The third kappa shape index (κ3) is 4.68. The van der Waals surface area contributed by atoms with Crippen molar-refractivity contribution in [2.24, 2.45) is 7.05 Å². The monoisotopic (exact) mass is 452 g/mol. The van der Waals surface area contributed by atoms with Crippen LogP contribution in [0, 0.1) is 0 Å². The average Bonchev–Trinajstić information content (AvgIpc) is 3.23. The van der Waals surface area contributed by atoms with Gasteiger partial charge in [-0.25, -0.2) is 4.98 Å². The van der Waals surface area contributed by atoms with Crippen LogP contribution < -0.4 is 10.1 Å². The zero-order valence-electron chi connectivity index (χ0n) is 19.2. The lowest BCUT2D eigenvalue weighted by molar-refractivity contribution is 0.299. The third-order valence-electron chi connectivity index (χ3n) is 5.36. The summed E-state index contributed by atoms with van der Waals surface area (Å²) < 4.78 is 7.64. The van der Waals surface area contributed by atoms with Gasteiger partial charge in [0.15, 0.2) is 5.82 Å². The fourth-order valence-corrected chi connectivity index (χ4v) is 3.58. The van der Waals surface area contributed by atoms with Gasteiger partial charge in [-0.3, -0.25) is 14.6 Å². The Morgan fingerprint density at radius 1 is 1.03 bits per heavy atom. The predicted molar refractivity (Wildman–Crippen MR) is 130 cm³/mol. The van der Waals surface area contributed by atoms with Gasteiger partial charge in [0.1, 0.15) is 23.9 Å². The molecular formula is C25H24N8O. The number of fused-ring (bicyclic) bond motifs is 1. The molecule has 0 aliphatic carbocycles. The Bertz CT molecular complexity index is 1430. The van der Waals surface area contributed by atoms with E-state index >= 15 is 0 Å². The van der Waals surface area contributed by atoms with Crippen molar-refractivity contribution in [3.05, 3.63) is 78.6 Å². The second-order valence-corrected chi connectivity index (χ2v) is 8.25. The fourth-order valence-electron chi connectivity index (χ4n) is 3.58. The topological polar surface area (TPSA) is 104 Å². The van der Waals surface area contributed by atoms with Crippen LogP contribution in [0.4, 0.5) is 11.6 Å². The molecule has 5 heterocycles. The minimum Gasteiger partial charge on any atom is -0.486 e. The summed E-state index contributed by atoms with van der Waals surface area (Å²) in [7, 11) is 1.89. The molecule has 34 heavy (non-hydrogen) atoms. The van der Waals surface area contributed by atoms with E-state index in [1.807, 2.05) is 55.8 Å². The molecule has 5 aromatic heterocycles. The summed E-state index contributed by atoms with van der Waals surface area (Å²) >= 11 is 0. The first-order chi connectivity index (χ1) is 16.5. The normalized spacial score (nSPS) is 11.2. The van der Waals surface area contributed by atoms with Gasteiger partial charge in [-0.2, -0.15) is 10.2 Å². The molecule has 0 atom stereocenters. The standard InChI is InChI=1S/C25H24N8O/c1-16(2)17-10-25(31-28-12-17)30-24-7-6-21-22(29-24)9-18(11-27-21)20-14-33(3)32-23(20)15-34-19-5-4-8-26-13-19/h4-14,16H,15H2,1-3H3,(H,29,30,31). The molecule has 1 N–H and O–H groups in total. The van der Waals surface area contributed by atoms with E-state index in [-0.39, 0.29) is 0 Å². The van der Waals surface area contributed by atoms with Crippen LogP contribution in [0.15, 0.2) is 67.4 Å². The van der Waals surface area contributed by atoms with Gasteiger partial charge in [0.25, 0.3) is 0 Å². The van der Waals surface area contributed by atoms with Crippen molar-refractivity contribution in [1.29, 1.82) is 0 Å². The summed E-state index contributed by atoms with van der Waals surface area (Å²) in [4.78, 5) is 13.4. The number of ether oxygens (including phenoxy) is 1. The van der Waals surface area contributed by atoms with Gasteiger partial charge in [-0.15, -0.1) is 5.10 Å². The molecule has 0 radical (unpaired) electrons. The van der Waals surface area contributed by atoms with Gasteiger partial charge < -0.3 is 10.1 Å². The third-order valence-corrected chi connectivity index (χ3v) is 5.36. The molecule has 0 spiro atoms. The highest BCUT2D eigenvalue weighted by Gasteiger charge is 2.13. The van der Waals surface area contributed by atoms with Crippen LogP contribution in [0.25, 0.3) is 22.2 Å². The van der Waals surface area contributed by atoms with E-state index in [9.17, 15) is 0 Å². The van der Waals surface area contributed by atoms with E-state index in [4.69, 9.17) is 9.72 Å². The SMILES string of the molecule is CC(C)c1cnnc(Nc2ccc3ncc(-c4cn(C)nc4COc4cccnc4)cc3n2)c1. The van der Waals surface area contributed by atoms with E-state index in [0.29, 0.717) is 29.9 Å². The largest absolute Gasteiger partial charge is 0.486 e. The van der Waals surface area contributed by atoms with Crippen LogP contribution in [0.3, 0.4) is 0 Å². The Kier molecular flexibility index (Phi) is 5.82. The van der Waals surface area contributed by atoms with E-state index in [1.165, 1.54) is 0 Å². The number of nitrogens with one attached hydrogen (secondary N) is 1. The smallest absolute Gasteiger partial charge is 0.154 e. The Balaban J connectivity index is 1.42. The molecule has 0 aliphatic rings. The number of nitrogens with zero attached hydrogens (tertiary/aromatic N) is 7. The summed E-state index contributed by atoms with van der Waals surface area (Å²) in [5.74, 6) is 2.39. The van der Waals surface area contributed by atoms with E-state index in [2.05, 4.69) is 44.4 Å². The maximum atomic E-state index is 5.87. The fraction of sp³-hybridized carbons (Fsp3) is 0.200. The summed E-state index contributed by atoms with van der Waals surface area (Å²) in [6, 6.07) is 11.5. The summed E-state index contributed by atoms with van der Waals surface area (Å²) in [5.41, 5.74) is 5.34. The molecule has 9 nitrogen and oxygen atoms in total. The van der Waals surface area contributed by atoms with Gasteiger partial charge in [-0.1, -0.05) is 13.8 Å². The van der Waals surface area contributed by atoms with E-state index in [1.54, 1.807) is 23.3 Å². The average molecular weight is 453 g/mol. The number of pyridine rings is 3. The number of aromatic nitrogens is 7. The molecule has 0 aliphatic heterocycles. The van der Waals surface area contributed by atoms with Crippen LogP contribution >= 0.6 is 0 Å². The highest BCUT2D eigenvalue weighted by molar-refractivity contribution is 5.82. The summed E-state index contributed by atoms with van der Waals surface area (Å²) in [6.07, 6.45) is 8.96. The molecule has 5 aromatic rings. The predicted octanol–water partition coefficient (Wildman–Crippen LogP) is 4.66. The van der Waals surface area contributed by atoms with Crippen LogP contribution in [0.2, 0.25) is 0 Å². The second-order valence-electron chi connectivity index (χ2n) is 8.25. The first-order valence-corrected chi connectivity index (χ1v) is 11.0. The minimum absolute atomic E-state index is 0.319. The molecule has 0 amide bonds. The Morgan fingerprint density at radius 2 is 1.94 bits per heavy atom. The van der Waals surface area contributed by atoms with Crippen molar-refractivity contribution in [3.8, 4) is 16.9 Å². The zero-order chi connectivity index (χ0) is 23.5. The molecule has 9 heteroatoms. The molecule has 5 rings (SSSR count). The Morgan fingerprint density at radius 3 is 2.76 bits per heavy atom. The molecule has 0 bridgehead atoms.